The molecular formula is C27H32BrNO6. The number of ketones is 1. The molecule has 2 aromatic carbocycles. The van der Waals surface area contributed by atoms with E-state index in [1.54, 1.807) is 54.6 Å². The Hall–Kier alpha value is -3.00. The summed E-state index contributed by atoms with van der Waals surface area (Å²) in [4.78, 5) is 52.7. The predicted molar refractivity (Wildman–Crippen MR) is 136 cm³/mol. The zero-order valence-electron chi connectivity index (χ0n) is 20.4. The van der Waals surface area contributed by atoms with Crippen LogP contribution in [0.3, 0.4) is 0 Å². The van der Waals surface area contributed by atoms with Gasteiger partial charge < -0.3 is 14.4 Å². The van der Waals surface area contributed by atoms with Crippen LogP contribution in [-0.2, 0) is 19.1 Å². The molecule has 0 spiro atoms. The quantitative estimate of drug-likeness (QED) is 0.253. The van der Waals surface area contributed by atoms with Crippen LogP contribution in [0.25, 0.3) is 0 Å². The van der Waals surface area contributed by atoms with E-state index in [1.165, 1.54) is 11.8 Å². The van der Waals surface area contributed by atoms with Crippen molar-refractivity contribution in [3.8, 4) is 0 Å². The summed E-state index contributed by atoms with van der Waals surface area (Å²) in [6.45, 7) is 4.64. The lowest BCUT2D eigenvalue weighted by molar-refractivity contribution is -0.157. The molecule has 2 rings (SSSR count). The minimum atomic E-state index is -1.31. The SMILES string of the molecule is CCCC(CCC)(C(=O)OCC(=O)c1ccc(Br)cc1)N(CCOC(C)=O)C(=O)c1ccccc1. The summed E-state index contributed by atoms with van der Waals surface area (Å²) >= 11 is 3.33. The summed E-state index contributed by atoms with van der Waals surface area (Å²) < 4.78 is 11.5. The predicted octanol–water partition coefficient (Wildman–Crippen LogP) is 5.22. The zero-order chi connectivity index (χ0) is 25.8. The number of carbonyl (C=O) groups excluding carboxylic acids is 4. The molecule has 0 saturated heterocycles. The van der Waals surface area contributed by atoms with E-state index in [1.807, 2.05) is 13.8 Å². The maximum absolute atomic E-state index is 13.6. The second kappa shape index (κ2) is 13.8. The van der Waals surface area contributed by atoms with Gasteiger partial charge in [-0.25, -0.2) is 4.79 Å². The normalized spacial score (nSPS) is 11.0. The van der Waals surface area contributed by atoms with Crippen molar-refractivity contribution in [2.75, 3.05) is 19.8 Å². The molecule has 0 aliphatic carbocycles. The van der Waals surface area contributed by atoms with Crippen molar-refractivity contribution in [2.24, 2.45) is 0 Å². The van der Waals surface area contributed by atoms with E-state index in [4.69, 9.17) is 9.47 Å². The van der Waals surface area contributed by atoms with Gasteiger partial charge in [0.1, 0.15) is 12.1 Å². The molecule has 188 valence electrons. The van der Waals surface area contributed by atoms with Crippen LogP contribution < -0.4 is 0 Å². The fourth-order valence-electron chi connectivity index (χ4n) is 4.05. The number of carbonyl (C=O) groups is 4. The van der Waals surface area contributed by atoms with Gasteiger partial charge in [-0.2, -0.15) is 0 Å². The zero-order valence-corrected chi connectivity index (χ0v) is 22.0. The minimum absolute atomic E-state index is 0.0169. The summed E-state index contributed by atoms with van der Waals surface area (Å²) in [5.74, 6) is -1.82. The van der Waals surface area contributed by atoms with Crippen LogP contribution in [0.4, 0.5) is 0 Å². The fourth-order valence-corrected chi connectivity index (χ4v) is 4.31. The van der Waals surface area contributed by atoms with Gasteiger partial charge in [0.25, 0.3) is 5.91 Å². The highest BCUT2D eigenvalue weighted by atomic mass is 79.9. The number of benzene rings is 2. The molecule has 0 saturated carbocycles. The Bertz CT molecular complexity index is 1000. The second-order valence-electron chi connectivity index (χ2n) is 8.20. The first-order valence-corrected chi connectivity index (χ1v) is 12.5. The lowest BCUT2D eigenvalue weighted by Crippen LogP contribution is -2.59. The van der Waals surface area contributed by atoms with Crippen molar-refractivity contribution in [2.45, 2.75) is 52.0 Å². The summed E-state index contributed by atoms with van der Waals surface area (Å²) in [5, 5.41) is 0. The number of halogens is 1. The Morgan fingerprint density at radius 1 is 0.857 bits per heavy atom. The number of rotatable bonds is 13. The average Bonchev–Trinajstić information content (AvgIpc) is 2.85. The van der Waals surface area contributed by atoms with Crippen LogP contribution in [0.1, 0.15) is 67.2 Å². The Labute approximate surface area is 214 Å². The molecular weight excluding hydrogens is 514 g/mol. The van der Waals surface area contributed by atoms with Crippen molar-refractivity contribution in [3.63, 3.8) is 0 Å². The monoisotopic (exact) mass is 545 g/mol. The largest absolute Gasteiger partial charge is 0.464 e. The Balaban J connectivity index is 2.37. The van der Waals surface area contributed by atoms with Gasteiger partial charge in [0, 0.05) is 22.5 Å². The molecule has 0 unspecified atom stereocenters. The van der Waals surface area contributed by atoms with Crippen LogP contribution >= 0.6 is 15.9 Å². The van der Waals surface area contributed by atoms with Crippen molar-refractivity contribution in [3.05, 3.63) is 70.2 Å². The molecule has 8 heteroatoms. The summed E-state index contributed by atoms with van der Waals surface area (Å²) in [7, 11) is 0. The molecule has 0 aliphatic heterocycles. The van der Waals surface area contributed by atoms with Gasteiger partial charge in [0.05, 0.1) is 6.54 Å². The number of Topliss-reactive ketones (excluding diaryl/α,β-unsaturated/α-hetero) is 1. The minimum Gasteiger partial charge on any atom is -0.464 e. The van der Waals surface area contributed by atoms with Crippen molar-refractivity contribution in [1.29, 1.82) is 0 Å². The molecule has 0 aliphatic rings. The number of hydrogen-bond donors (Lipinski definition) is 0. The highest BCUT2D eigenvalue weighted by molar-refractivity contribution is 9.10. The summed E-state index contributed by atoms with van der Waals surface area (Å²) in [6, 6.07) is 15.4. The van der Waals surface area contributed by atoms with Gasteiger partial charge in [-0.3, -0.25) is 14.4 Å². The van der Waals surface area contributed by atoms with Crippen LogP contribution in [0.15, 0.2) is 59.1 Å². The van der Waals surface area contributed by atoms with Crippen LogP contribution in [-0.4, -0.2) is 53.8 Å². The molecule has 0 aromatic heterocycles. The first-order chi connectivity index (χ1) is 16.7. The average molecular weight is 546 g/mol. The number of hydrogen-bond acceptors (Lipinski definition) is 6. The number of nitrogens with zero attached hydrogens (tertiary/aromatic N) is 1. The van der Waals surface area contributed by atoms with Gasteiger partial charge in [0.15, 0.2) is 12.4 Å². The lowest BCUT2D eigenvalue weighted by atomic mass is 9.85. The van der Waals surface area contributed by atoms with Crippen molar-refractivity contribution < 1.29 is 28.7 Å². The first-order valence-electron chi connectivity index (χ1n) is 11.7. The molecule has 35 heavy (non-hydrogen) atoms. The highest BCUT2D eigenvalue weighted by Gasteiger charge is 2.46. The molecule has 0 atom stereocenters. The second-order valence-corrected chi connectivity index (χ2v) is 9.12. The molecule has 0 fully saturated rings. The first kappa shape index (κ1) is 28.2. The number of esters is 2. The van der Waals surface area contributed by atoms with E-state index in [9.17, 15) is 19.2 Å². The molecule has 0 N–H and O–H groups in total. The van der Waals surface area contributed by atoms with Gasteiger partial charge >= 0.3 is 11.9 Å². The van der Waals surface area contributed by atoms with E-state index >= 15 is 0 Å². The summed E-state index contributed by atoms with van der Waals surface area (Å²) in [6.07, 6.45) is 1.87. The van der Waals surface area contributed by atoms with Gasteiger partial charge in [-0.15, -0.1) is 0 Å². The maximum atomic E-state index is 13.6. The third kappa shape index (κ3) is 7.75. The molecule has 1 amide bonds. The van der Waals surface area contributed by atoms with E-state index in [-0.39, 0.29) is 24.8 Å². The van der Waals surface area contributed by atoms with Crippen LogP contribution in [0, 0.1) is 0 Å². The van der Waals surface area contributed by atoms with Gasteiger partial charge in [-0.05, 0) is 37.1 Å². The molecule has 2 aromatic rings. The van der Waals surface area contributed by atoms with E-state index < -0.39 is 24.1 Å². The Morgan fingerprint density at radius 3 is 2.00 bits per heavy atom. The lowest BCUT2D eigenvalue weighted by Gasteiger charge is -2.42. The van der Waals surface area contributed by atoms with Crippen molar-refractivity contribution >= 4 is 39.6 Å². The van der Waals surface area contributed by atoms with E-state index in [2.05, 4.69) is 15.9 Å². The van der Waals surface area contributed by atoms with E-state index in [0.29, 0.717) is 36.8 Å². The van der Waals surface area contributed by atoms with Gasteiger partial charge in [0.2, 0.25) is 0 Å². The van der Waals surface area contributed by atoms with Gasteiger partial charge in [-0.1, -0.05) is 73.0 Å². The van der Waals surface area contributed by atoms with Crippen LogP contribution in [0.2, 0.25) is 0 Å². The third-order valence-corrected chi connectivity index (χ3v) is 6.14. The Morgan fingerprint density at radius 2 is 1.46 bits per heavy atom. The van der Waals surface area contributed by atoms with E-state index in [0.717, 1.165) is 4.47 Å². The maximum Gasteiger partial charge on any atom is 0.332 e. The highest BCUT2D eigenvalue weighted by Crippen LogP contribution is 2.31. The van der Waals surface area contributed by atoms with Crippen molar-refractivity contribution in [1.82, 2.24) is 4.90 Å². The Kier molecular flexibility index (Phi) is 11.1. The standard InChI is InChI=1S/C27H32BrNO6/c1-4-15-27(16-5-2,26(33)35-19-24(31)21-11-13-23(28)14-12-21)29(17-18-34-20(3)30)25(32)22-9-7-6-8-10-22/h6-14H,4-5,15-19H2,1-3H3. The number of ether oxygens (including phenoxy) is 2. The smallest absolute Gasteiger partial charge is 0.332 e. The molecule has 0 heterocycles. The third-order valence-electron chi connectivity index (χ3n) is 5.61. The summed E-state index contributed by atoms with van der Waals surface area (Å²) in [5.41, 5.74) is -0.480. The fraction of sp³-hybridized carbons (Fsp3) is 0.407. The molecule has 7 nitrogen and oxygen atoms in total. The van der Waals surface area contributed by atoms with Crippen LogP contribution in [0.5, 0.6) is 0 Å². The number of amides is 1. The topological polar surface area (TPSA) is 90.0 Å². The molecule has 0 bridgehead atoms. The molecule has 0 radical (unpaired) electrons.